The monoisotopic (exact) mass is 185 g/mol. The van der Waals surface area contributed by atoms with Crippen molar-refractivity contribution in [1.29, 1.82) is 0 Å². The van der Waals surface area contributed by atoms with E-state index in [2.05, 4.69) is 10.3 Å². The minimum Gasteiger partial charge on any atom is -0.211 e. The number of halogens is 1. The first kappa shape index (κ1) is 6.82. The second-order valence-corrected chi connectivity index (χ2v) is 3.62. The van der Waals surface area contributed by atoms with Crippen LogP contribution in [0.2, 0.25) is 4.34 Å². The second-order valence-electron chi connectivity index (χ2n) is 1.93. The Morgan fingerprint density at radius 2 is 2.36 bits per heavy atom. The molecule has 0 saturated heterocycles. The minimum absolute atomic E-state index is 0.760. The van der Waals surface area contributed by atoms with Crippen LogP contribution in [0.25, 0.3) is 5.00 Å². The molecule has 0 aliphatic carbocycles. The first-order valence-corrected chi connectivity index (χ1v) is 4.18. The number of nitrogens with zero attached hydrogens (tertiary/aromatic N) is 3. The average Bonchev–Trinajstić information content (AvgIpc) is 2.55. The van der Waals surface area contributed by atoms with Crippen LogP contribution in [0, 0.1) is 0 Å². The number of aromatic nitrogens is 3. The molecule has 0 unspecified atom stereocenters. The van der Waals surface area contributed by atoms with Gasteiger partial charge in [-0.05, 0) is 12.1 Å². The molecule has 2 aromatic heterocycles. The summed E-state index contributed by atoms with van der Waals surface area (Å²) in [7, 11) is 0. The van der Waals surface area contributed by atoms with Gasteiger partial charge in [-0.25, -0.2) is 4.68 Å². The third-order valence-corrected chi connectivity index (χ3v) is 2.43. The van der Waals surface area contributed by atoms with Gasteiger partial charge in [0.05, 0.1) is 16.7 Å². The summed E-state index contributed by atoms with van der Waals surface area (Å²) in [5.74, 6) is 0. The molecule has 0 atom stereocenters. The van der Waals surface area contributed by atoms with Crippen LogP contribution < -0.4 is 0 Å². The molecule has 3 nitrogen and oxygen atoms in total. The van der Waals surface area contributed by atoms with Crippen LogP contribution in [-0.2, 0) is 0 Å². The number of thiophene rings is 1. The maximum absolute atomic E-state index is 5.73. The molecule has 0 N–H and O–H groups in total. The van der Waals surface area contributed by atoms with Crippen molar-refractivity contribution in [2.45, 2.75) is 0 Å². The van der Waals surface area contributed by atoms with Crippen LogP contribution >= 0.6 is 22.9 Å². The van der Waals surface area contributed by atoms with Crippen molar-refractivity contribution in [3.05, 3.63) is 28.9 Å². The number of rotatable bonds is 1. The molecule has 11 heavy (non-hydrogen) atoms. The van der Waals surface area contributed by atoms with E-state index in [-0.39, 0.29) is 0 Å². The van der Waals surface area contributed by atoms with E-state index in [1.165, 1.54) is 11.3 Å². The van der Waals surface area contributed by atoms with Crippen LogP contribution in [0.15, 0.2) is 24.5 Å². The van der Waals surface area contributed by atoms with Crippen LogP contribution in [0.5, 0.6) is 0 Å². The van der Waals surface area contributed by atoms with E-state index in [9.17, 15) is 0 Å². The summed E-state index contributed by atoms with van der Waals surface area (Å²) in [5, 5.41) is 8.48. The Balaban J connectivity index is 2.45. The van der Waals surface area contributed by atoms with Crippen molar-refractivity contribution in [1.82, 2.24) is 15.0 Å². The lowest BCUT2D eigenvalue weighted by atomic mass is 10.6. The van der Waals surface area contributed by atoms with E-state index in [0.717, 1.165) is 9.34 Å². The van der Waals surface area contributed by atoms with Crippen molar-refractivity contribution in [3.63, 3.8) is 0 Å². The molecule has 0 saturated carbocycles. The summed E-state index contributed by atoms with van der Waals surface area (Å²) < 4.78 is 2.44. The molecule has 56 valence electrons. The highest BCUT2D eigenvalue weighted by atomic mass is 35.5. The molecular weight excluding hydrogens is 182 g/mol. The van der Waals surface area contributed by atoms with Crippen molar-refractivity contribution in [2.24, 2.45) is 0 Å². The lowest BCUT2D eigenvalue weighted by Gasteiger charge is -1.89. The molecule has 0 radical (unpaired) electrons. The average molecular weight is 186 g/mol. The molecule has 2 aromatic rings. The highest BCUT2D eigenvalue weighted by Crippen LogP contribution is 2.23. The molecule has 0 aromatic carbocycles. The van der Waals surface area contributed by atoms with E-state index < -0.39 is 0 Å². The lowest BCUT2D eigenvalue weighted by molar-refractivity contribution is 0.815. The van der Waals surface area contributed by atoms with Gasteiger partial charge in [-0.2, -0.15) is 0 Å². The Morgan fingerprint density at radius 3 is 2.91 bits per heavy atom. The Morgan fingerprint density at radius 1 is 1.45 bits per heavy atom. The third kappa shape index (κ3) is 1.27. The van der Waals surface area contributed by atoms with Gasteiger partial charge >= 0.3 is 0 Å². The molecular formula is C6H4ClN3S. The first-order valence-electron chi connectivity index (χ1n) is 2.98. The van der Waals surface area contributed by atoms with E-state index in [4.69, 9.17) is 11.6 Å². The third-order valence-electron chi connectivity index (χ3n) is 1.21. The Labute approximate surface area is 72.2 Å². The van der Waals surface area contributed by atoms with Gasteiger partial charge in [0.25, 0.3) is 0 Å². The van der Waals surface area contributed by atoms with Crippen molar-refractivity contribution < 1.29 is 0 Å². The molecule has 5 heteroatoms. The van der Waals surface area contributed by atoms with Crippen molar-refractivity contribution >= 4 is 22.9 Å². The van der Waals surface area contributed by atoms with Gasteiger partial charge in [0, 0.05) is 0 Å². The summed E-state index contributed by atoms with van der Waals surface area (Å²) in [6.45, 7) is 0. The zero-order chi connectivity index (χ0) is 7.68. The summed E-state index contributed by atoms with van der Waals surface area (Å²) >= 11 is 7.21. The first-order chi connectivity index (χ1) is 5.36. The lowest BCUT2D eigenvalue weighted by Crippen LogP contribution is -1.89. The molecule has 0 amide bonds. The van der Waals surface area contributed by atoms with Gasteiger partial charge < -0.3 is 0 Å². The maximum Gasteiger partial charge on any atom is 0.120 e. The van der Waals surface area contributed by atoms with Gasteiger partial charge in [0.1, 0.15) is 5.00 Å². The minimum atomic E-state index is 0.760. The van der Waals surface area contributed by atoms with Crippen LogP contribution in [0.4, 0.5) is 0 Å². The summed E-state index contributed by atoms with van der Waals surface area (Å²) in [6, 6.07) is 3.74. The molecule has 0 bridgehead atoms. The fourth-order valence-electron chi connectivity index (χ4n) is 0.754. The fraction of sp³-hybridized carbons (Fsp3) is 0. The topological polar surface area (TPSA) is 30.7 Å². The Hall–Kier alpha value is -0.870. The predicted octanol–water partition coefficient (Wildman–Crippen LogP) is 1.98. The predicted molar refractivity (Wildman–Crippen MR) is 44.2 cm³/mol. The quantitative estimate of drug-likeness (QED) is 0.680. The summed E-state index contributed by atoms with van der Waals surface area (Å²) in [4.78, 5) is 0. The highest BCUT2D eigenvalue weighted by molar-refractivity contribution is 7.18. The van der Waals surface area contributed by atoms with Crippen LogP contribution in [-0.4, -0.2) is 15.0 Å². The van der Waals surface area contributed by atoms with Crippen LogP contribution in [0.1, 0.15) is 0 Å². The zero-order valence-electron chi connectivity index (χ0n) is 5.44. The zero-order valence-corrected chi connectivity index (χ0v) is 7.01. The highest BCUT2D eigenvalue weighted by Gasteiger charge is 1.99. The Bertz CT molecular complexity index is 340. The van der Waals surface area contributed by atoms with Crippen molar-refractivity contribution in [2.75, 3.05) is 0 Å². The molecule has 0 spiro atoms. The smallest absolute Gasteiger partial charge is 0.120 e. The summed E-state index contributed by atoms with van der Waals surface area (Å²) in [6.07, 6.45) is 3.41. The second kappa shape index (κ2) is 2.64. The maximum atomic E-state index is 5.73. The van der Waals surface area contributed by atoms with Crippen molar-refractivity contribution in [3.8, 4) is 5.00 Å². The number of hydrogen-bond acceptors (Lipinski definition) is 3. The Kier molecular flexibility index (Phi) is 1.63. The van der Waals surface area contributed by atoms with E-state index in [1.54, 1.807) is 17.1 Å². The van der Waals surface area contributed by atoms with E-state index >= 15 is 0 Å². The SMILES string of the molecule is Clc1ccc(-n2ccnn2)s1. The van der Waals surface area contributed by atoms with E-state index in [1.807, 2.05) is 12.1 Å². The standard InChI is InChI=1S/C6H4ClN3S/c7-5-1-2-6(11-5)10-4-3-8-9-10/h1-4H. The molecule has 2 rings (SSSR count). The van der Waals surface area contributed by atoms with E-state index in [0.29, 0.717) is 0 Å². The van der Waals surface area contributed by atoms with Crippen LogP contribution in [0.3, 0.4) is 0 Å². The van der Waals surface area contributed by atoms with Gasteiger partial charge in [-0.15, -0.1) is 16.4 Å². The summed E-state index contributed by atoms with van der Waals surface area (Å²) in [5.41, 5.74) is 0. The largest absolute Gasteiger partial charge is 0.211 e. The molecule has 2 heterocycles. The van der Waals surface area contributed by atoms with Gasteiger partial charge in [0.2, 0.25) is 0 Å². The fourth-order valence-corrected chi connectivity index (χ4v) is 1.72. The van der Waals surface area contributed by atoms with Gasteiger partial charge in [-0.1, -0.05) is 16.8 Å². The molecule has 0 aliphatic heterocycles. The van der Waals surface area contributed by atoms with Gasteiger partial charge in [-0.3, -0.25) is 0 Å². The molecule has 0 fully saturated rings. The van der Waals surface area contributed by atoms with Gasteiger partial charge in [0.15, 0.2) is 0 Å². The molecule has 0 aliphatic rings. The normalized spacial score (nSPS) is 10.3. The number of hydrogen-bond donors (Lipinski definition) is 0.